The van der Waals surface area contributed by atoms with Gasteiger partial charge in [0.2, 0.25) is 0 Å². The van der Waals surface area contributed by atoms with Crippen molar-refractivity contribution in [1.82, 2.24) is 9.88 Å². The van der Waals surface area contributed by atoms with E-state index in [9.17, 15) is 4.79 Å². The molecule has 1 saturated heterocycles. The second kappa shape index (κ2) is 5.82. The number of hydrogen-bond acceptors (Lipinski definition) is 4. The zero-order chi connectivity index (χ0) is 13.0. The van der Waals surface area contributed by atoms with Gasteiger partial charge in [0.05, 0.1) is 0 Å². The van der Waals surface area contributed by atoms with Gasteiger partial charge in [0.25, 0.3) is 5.91 Å². The third kappa shape index (κ3) is 2.98. The molecule has 1 aliphatic rings. The van der Waals surface area contributed by atoms with E-state index in [0.29, 0.717) is 17.3 Å². The SMILES string of the molecule is COCC1CCN(C(=O)c2ccnc(N)c2)CC1. The largest absolute Gasteiger partial charge is 0.384 e. The van der Waals surface area contributed by atoms with Gasteiger partial charge in [-0.3, -0.25) is 4.79 Å². The van der Waals surface area contributed by atoms with E-state index in [1.165, 1.54) is 0 Å². The standard InChI is InChI=1S/C13H19N3O2/c1-18-9-10-3-6-16(7-4-10)13(17)11-2-5-15-12(14)8-11/h2,5,8,10H,3-4,6-7,9H2,1H3,(H2,14,15). The smallest absolute Gasteiger partial charge is 0.254 e. The number of likely N-dealkylation sites (tertiary alicyclic amines) is 1. The van der Waals surface area contributed by atoms with Crippen molar-refractivity contribution in [2.45, 2.75) is 12.8 Å². The first-order valence-electron chi connectivity index (χ1n) is 6.20. The van der Waals surface area contributed by atoms with Crippen LogP contribution in [0.25, 0.3) is 0 Å². The van der Waals surface area contributed by atoms with Crippen molar-refractivity contribution in [2.24, 2.45) is 5.92 Å². The first-order valence-corrected chi connectivity index (χ1v) is 6.20. The summed E-state index contributed by atoms with van der Waals surface area (Å²) >= 11 is 0. The van der Waals surface area contributed by atoms with Crippen molar-refractivity contribution in [3.8, 4) is 0 Å². The predicted octanol–water partition coefficient (Wildman–Crippen LogP) is 1.16. The van der Waals surface area contributed by atoms with Gasteiger partial charge in [-0.25, -0.2) is 4.98 Å². The van der Waals surface area contributed by atoms with Crippen LogP contribution in [0.15, 0.2) is 18.3 Å². The maximum atomic E-state index is 12.2. The molecule has 5 heteroatoms. The number of ether oxygens (including phenoxy) is 1. The van der Waals surface area contributed by atoms with Gasteiger partial charge in [0.15, 0.2) is 0 Å². The number of rotatable bonds is 3. The number of carbonyl (C=O) groups excluding carboxylic acids is 1. The van der Waals surface area contributed by atoms with Crippen molar-refractivity contribution in [3.63, 3.8) is 0 Å². The number of nitrogens with zero attached hydrogens (tertiary/aromatic N) is 2. The topological polar surface area (TPSA) is 68.5 Å². The number of nitrogen functional groups attached to an aromatic ring is 1. The molecule has 0 aliphatic carbocycles. The van der Waals surface area contributed by atoms with E-state index >= 15 is 0 Å². The van der Waals surface area contributed by atoms with Crippen LogP contribution in [0.5, 0.6) is 0 Å². The summed E-state index contributed by atoms with van der Waals surface area (Å²) in [6.07, 6.45) is 3.57. The van der Waals surface area contributed by atoms with Crippen LogP contribution in [0.4, 0.5) is 5.82 Å². The van der Waals surface area contributed by atoms with Crippen LogP contribution in [0.3, 0.4) is 0 Å². The van der Waals surface area contributed by atoms with Crippen molar-refractivity contribution < 1.29 is 9.53 Å². The van der Waals surface area contributed by atoms with E-state index in [4.69, 9.17) is 10.5 Å². The molecule has 2 heterocycles. The van der Waals surface area contributed by atoms with Gasteiger partial charge >= 0.3 is 0 Å². The fourth-order valence-corrected chi connectivity index (χ4v) is 2.30. The highest BCUT2D eigenvalue weighted by Crippen LogP contribution is 2.19. The monoisotopic (exact) mass is 249 g/mol. The van der Waals surface area contributed by atoms with Crippen molar-refractivity contribution in [3.05, 3.63) is 23.9 Å². The molecule has 0 saturated carbocycles. The molecule has 1 aromatic heterocycles. The Bertz CT molecular complexity index is 414. The van der Waals surface area contributed by atoms with Crippen LogP contribution in [-0.2, 0) is 4.74 Å². The number of pyridine rings is 1. The molecule has 98 valence electrons. The average Bonchev–Trinajstić information content (AvgIpc) is 2.39. The molecule has 2 N–H and O–H groups in total. The van der Waals surface area contributed by atoms with Crippen LogP contribution in [-0.4, -0.2) is 42.6 Å². The summed E-state index contributed by atoms with van der Waals surface area (Å²) in [4.78, 5) is 18.0. The molecule has 0 bridgehead atoms. The summed E-state index contributed by atoms with van der Waals surface area (Å²) in [6, 6.07) is 3.34. The lowest BCUT2D eigenvalue weighted by molar-refractivity contribution is 0.0613. The Hall–Kier alpha value is -1.62. The Morgan fingerprint density at radius 2 is 2.28 bits per heavy atom. The van der Waals surface area contributed by atoms with Crippen molar-refractivity contribution >= 4 is 11.7 Å². The lowest BCUT2D eigenvalue weighted by Crippen LogP contribution is -2.39. The summed E-state index contributed by atoms with van der Waals surface area (Å²) in [5.41, 5.74) is 6.21. The Kier molecular flexibility index (Phi) is 4.15. The number of carbonyl (C=O) groups is 1. The molecule has 0 aromatic carbocycles. The maximum absolute atomic E-state index is 12.2. The molecule has 1 aliphatic heterocycles. The van der Waals surface area contributed by atoms with E-state index in [1.807, 2.05) is 4.90 Å². The summed E-state index contributed by atoms with van der Waals surface area (Å²) in [5.74, 6) is 0.997. The minimum Gasteiger partial charge on any atom is -0.384 e. The van der Waals surface area contributed by atoms with Gasteiger partial charge in [0.1, 0.15) is 5.82 Å². The average molecular weight is 249 g/mol. The van der Waals surface area contributed by atoms with E-state index in [0.717, 1.165) is 32.5 Å². The zero-order valence-corrected chi connectivity index (χ0v) is 10.6. The number of methoxy groups -OCH3 is 1. The second-order valence-corrected chi connectivity index (χ2v) is 4.66. The van der Waals surface area contributed by atoms with Gasteiger partial charge in [-0.1, -0.05) is 0 Å². The molecule has 1 fully saturated rings. The lowest BCUT2D eigenvalue weighted by Gasteiger charge is -2.31. The van der Waals surface area contributed by atoms with Gasteiger partial charge in [-0.2, -0.15) is 0 Å². The van der Waals surface area contributed by atoms with Gasteiger partial charge in [0, 0.05) is 38.6 Å². The molecule has 0 atom stereocenters. The summed E-state index contributed by atoms with van der Waals surface area (Å²) in [6.45, 7) is 2.36. The Morgan fingerprint density at radius 1 is 1.56 bits per heavy atom. The number of nitrogens with two attached hydrogens (primary N) is 1. The van der Waals surface area contributed by atoms with E-state index in [1.54, 1.807) is 25.4 Å². The number of aromatic nitrogens is 1. The fourth-order valence-electron chi connectivity index (χ4n) is 2.30. The number of hydrogen-bond donors (Lipinski definition) is 1. The Morgan fingerprint density at radius 3 is 2.89 bits per heavy atom. The van der Waals surface area contributed by atoms with Gasteiger partial charge in [-0.15, -0.1) is 0 Å². The van der Waals surface area contributed by atoms with Gasteiger partial charge in [-0.05, 0) is 30.9 Å². The van der Waals surface area contributed by atoms with Crippen molar-refractivity contribution in [2.75, 3.05) is 32.5 Å². The fraction of sp³-hybridized carbons (Fsp3) is 0.538. The van der Waals surface area contributed by atoms with Crippen LogP contribution in [0, 0.1) is 5.92 Å². The number of anilines is 1. The second-order valence-electron chi connectivity index (χ2n) is 4.66. The first kappa shape index (κ1) is 12.8. The van der Waals surface area contributed by atoms with E-state index in [2.05, 4.69) is 4.98 Å². The van der Waals surface area contributed by atoms with E-state index < -0.39 is 0 Å². The Balaban J connectivity index is 1.95. The number of piperidine rings is 1. The molecule has 0 unspecified atom stereocenters. The quantitative estimate of drug-likeness (QED) is 0.873. The zero-order valence-electron chi connectivity index (χ0n) is 10.6. The summed E-state index contributed by atoms with van der Waals surface area (Å²) in [5, 5.41) is 0. The highest BCUT2D eigenvalue weighted by Gasteiger charge is 2.23. The molecule has 5 nitrogen and oxygen atoms in total. The first-order chi connectivity index (χ1) is 8.70. The molecule has 1 aromatic rings. The van der Waals surface area contributed by atoms with Crippen molar-refractivity contribution in [1.29, 1.82) is 0 Å². The van der Waals surface area contributed by atoms with Crippen LogP contribution >= 0.6 is 0 Å². The lowest BCUT2D eigenvalue weighted by atomic mass is 9.97. The minimum atomic E-state index is 0.0416. The molecular weight excluding hydrogens is 230 g/mol. The van der Waals surface area contributed by atoms with E-state index in [-0.39, 0.29) is 5.91 Å². The Labute approximate surface area is 107 Å². The number of amides is 1. The highest BCUT2D eigenvalue weighted by molar-refractivity contribution is 5.94. The minimum absolute atomic E-state index is 0.0416. The highest BCUT2D eigenvalue weighted by atomic mass is 16.5. The van der Waals surface area contributed by atoms with Crippen LogP contribution < -0.4 is 5.73 Å². The predicted molar refractivity (Wildman–Crippen MR) is 69.2 cm³/mol. The maximum Gasteiger partial charge on any atom is 0.254 e. The summed E-state index contributed by atoms with van der Waals surface area (Å²) < 4.78 is 5.15. The molecule has 2 rings (SSSR count). The molecular formula is C13H19N3O2. The third-order valence-corrected chi connectivity index (χ3v) is 3.33. The van der Waals surface area contributed by atoms with Crippen LogP contribution in [0.2, 0.25) is 0 Å². The molecule has 1 amide bonds. The van der Waals surface area contributed by atoms with Gasteiger partial charge < -0.3 is 15.4 Å². The third-order valence-electron chi connectivity index (χ3n) is 3.33. The van der Waals surface area contributed by atoms with Crippen LogP contribution in [0.1, 0.15) is 23.2 Å². The molecule has 0 radical (unpaired) electrons. The molecule has 18 heavy (non-hydrogen) atoms. The molecule has 0 spiro atoms. The summed E-state index contributed by atoms with van der Waals surface area (Å²) in [7, 11) is 1.72. The normalized spacial score (nSPS) is 16.8.